The Morgan fingerprint density at radius 2 is 1.93 bits per heavy atom. The number of aldehydes is 1. The molecule has 4 aromatic rings. The molecule has 0 N–H and O–H groups in total. The minimum atomic E-state index is -0.0635. The van der Waals surface area contributed by atoms with E-state index >= 15 is 0 Å². The highest BCUT2D eigenvalue weighted by Crippen LogP contribution is 2.50. The van der Waals surface area contributed by atoms with Gasteiger partial charge < -0.3 is 13.9 Å². The number of carbonyl (C=O) groups is 1. The second-order valence-electron chi connectivity index (χ2n) is 8.66. The number of rotatable bonds is 4. The van der Waals surface area contributed by atoms with Crippen molar-refractivity contribution in [1.82, 2.24) is 18.9 Å². The fourth-order valence-corrected chi connectivity index (χ4v) is 4.88. The number of pyridine rings is 3. The van der Waals surface area contributed by atoms with Crippen LogP contribution >= 0.6 is 0 Å². The van der Waals surface area contributed by atoms with Crippen LogP contribution in [0.2, 0.25) is 0 Å². The zero-order chi connectivity index (χ0) is 20.3. The topological polar surface area (TPSA) is 72.5 Å². The van der Waals surface area contributed by atoms with Crippen molar-refractivity contribution in [3.05, 3.63) is 70.8 Å². The molecule has 1 saturated heterocycles. The molecule has 7 heteroatoms. The Bertz CT molecular complexity index is 1360. The molecule has 0 unspecified atom stereocenters. The van der Waals surface area contributed by atoms with Gasteiger partial charge in [-0.05, 0) is 31.0 Å². The predicted molar refractivity (Wildman–Crippen MR) is 114 cm³/mol. The Balaban J connectivity index is 1.33. The van der Waals surface area contributed by atoms with E-state index < -0.39 is 0 Å². The minimum Gasteiger partial charge on any atom is -0.369 e. The van der Waals surface area contributed by atoms with Gasteiger partial charge in [-0.25, -0.2) is 4.98 Å². The summed E-state index contributed by atoms with van der Waals surface area (Å²) >= 11 is 0. The van der Waals surface area contributed by atoms with Gasteiger partial charge in [0, 0.05) is 54.2 Å². The number of anilines is 1. The lowest BCUT2D eigenvalue weighted by Gasteiger charge is -2.57. The van der Waals surface area contributed by atoms with Crippen molar-refractivity contribution in [3.8, 4) is 0 Å². The zero-order valence-corrected chi connectivity index (χ0v) is 16.5. The van der Waals surface area contributed by atoms with Gasteiger partial charge in [0.05, 0.1) is 29.5 Å². The molecular weight excluding hydrogens is 378 g/mol. The van der Waals surface area contributed by atoms with Crippen LogP contribution in [0.3, 0.4) is 0 Å². The maximum absolute atomic E-state index is 13.1. The Morgan fingerprint density at radius 1 is 1.07 bits per heavy atom. The molecule has 1 aliphatic heterocycles. The maximum atomic E-state index is 13.1. The van der Waals surface area contributed by atoms with Gasteiger partial charge in [0.25, 0.3) is 5.56 Å². The van der Waals surface area contributed by atoms with Gasteiger partial charge in [-0.2, -0.15) is 0 Å². The molecule has 0 bridgehead atoms. The van der Waals surface area contributed by atoms with E-state index in [0.717, 1.165) is 41.8 Å². The normalized spacial score (nSPS) is 17.3. The fraction of sp³-hybridized carbons (Fsp3) is 0.304. The average Bonchev–Trinajstić information content (AvgIpc) is 3.09. The summed E-state index contributed by atoms with van der Waals surface area (Å²) in [6.07, 6.45) is 13.8. The third-order valence-corrected chi connectivity index (χ3v) is 6.68. The second kappa shape index (κ2) is 6.26. The van der Waals surface area contributed by atoms with E-state index in [9.17, 15) is 9.59 Å². The summed E-state index contributed by atoms with van der Waals surface area (Å²) < 4.78 is 3.48. The first kappa shape index (κ1) is 17.4. The largest absolute Gasteiger partial charge is 0.369 e. The number of imidazole rings is 1. The van der Waals surface area contributed by atoms with Gasteiger partial charge in [-0.1, -0.05) is 6.42 Å². The summed E-state index contributed by atoms with van der Waals surface area (Å²) in [4.78, 5) is 35.4. The molecule has 0 amide bonds. The van der Waals surface area contributed by atoms with Crippen molar-refractivity contribution in [2.75, 3.05) is 18.0 Å². The smallest absolute Gasteiger partial charge is 0.260 e. The molecule has 0 radical (unpaired) electrons. The Labute approximate surface area is 172 Å². The van der Waals surface area contributed by atoms with Crippen molar-refractivity contribution >= 4 is 28.4 Å². The molecule has 7 nitrogen and oxygen atoms in total. The van der Waals surface area contributed by atoms with E-state index in [2.05, 4.69) is 14.9 Å². The highest BCUT2D eigenvalue weighted by atomic mass is 16.1. The van der Waals surface area contributed by atoms with Crippen LogP contribution in [0.15, 0.2) is 54.0 Å². The molecule has 0 atom stereocenters. The van der Waals surface area contributed by atoms with Gasteiger partial charge in [-0.15, -0.1) is 0 Å². The lowest BCUT2D eigenvalue weighted by Crippen LogP contribution is -2.59. The monoisotopic (exact) mass is 399 g/mol. The number of nitrogens with zero attached hydrogens (tertiary/aromatic N) is 5. The number of fused-ring (bicyclic) bond motifs is 2. The van der Waals surface area contributed by atoms with Crippen molar-refractivity contribution in [1.29, 1.82) is 0 Å². The van der Waals surface area contributed by atoms with Crippen LogP contribution in [0, 0.1) is 5.41 Å². The lowest BCUT2D eigenvalue weighted by molar-refractivity contribution is 0.0906. The SMILES string of the molecule is O=Cc1ccc2nc(Cn3ccc4c(N5CC6(CCC6)C5)cncc4c3=O)cn2c1. The van der Waals surface area contributed by atoms with Crippen molar-refractivity contribution < 1.29 is 4.79 Å². The first-order valence-electron chi connectivity index (χ1n) is 10.3. The molecule has 2 aliphatic rings. The van der Waals surface area contributed by atoms with Crippen LogP contribution in [0.25, 0.3) is 16.4 Å². The van der Waals surface area contributed by atoms with Gasteiger partial charge in [0.2, 0.25) is 0 Å². The number of aromatic nitrogens is 4. The number of hydrogen-bond donors (Lipinski definition) is 0. The number of hydrogen-bond acceptors (Lipinski definition) is 5. The summed E-state index contributed by atoms with van der Waals surface area (Å²) in [6, 6.07) is 5.55. The van der Waals surface area contributed by atoms with E-state index in [1.54, 1.807) is 29.1 Å². The molecule has 6 rings (SSSR count). The van der Waals surface area contributed by atoms with Crippen molar-refractivity contribution in [2.45, 2.75) is 25.8 Å². The van der Waals surface area contributed by atoms with Crippen LogP contribution in [0.5, 0.6) is 0 Å². The summed E-state index contributed by atoms with van der Waals surface area (Å²) in [5.41, 5.74) is 3.61. The third-order valence-electron chi connectivity index (χ3n) is 6.68. The summed E-state index contributed by atoms with van der Waals surface area (Å²) in [5.74, 6) is 0. The van der Waals surface area contributed by atoms with E-state index in [-0.39, 0.29) is 5.56 Å². The Morgan fingerprint density at radius 3 is 2.70 bits per heavy atom. The maximum Gasteiger partial charge on any atom is 0.260 e. The van der Waals surface area contributed by atoms with E-state index in [4.69, 9.17) is 0 Å². The zero-order valence-electron chi connectivity index (χ0n) is 16.5. The van der Waals surface area contributed by atoms with Crippen LogP contribution in [0.1, 0.15) is 35.3 Å². The Kier molecular flexibility index (Phi) is 3.63. The summed E-state index contributed by atoms with van der Waals surface area (Å²) in [6.45, 7) is 2.51. The highest BCUT2D eigenvalue weighted by Gasteiger charge is 2.47. The molecule has 1 saturated carbocycles. The molecule has 30 heavy (non-hydrogen) atoms. The number of carbonyl (C=O) groups excluding carboxylic acids is 1. The molecule has 1 aliphatic carbocycles. The molecule has 5 heterocycles. The average molecular weight is 399 g/mol. The van der Waals surface area contributed by atoms with Crippen LogP contribution in [-0.4, -0.2) is 38.3 Å². The van der Waals surface area contributed by atoms with Gasteiger partial charge >= 0.3 is 0 Å². The van der Waals surface area contributed by atoms with Gasteiger partial charge in [-0.3, -0.25) is 14.6 Å². The van der Waals surface area contributed by atoms with E-state index in [1.807, 2.05) is 29.1 Å². The van der Waals surface area contributed by atoms with Gasteiger partial charge in [0.15, 0.2) is 6.29 Å². The third kappa shape index (κ3) is 2.58. The molecule has 0 aromatic carbocycles. The van der Waals surface area contributed by atoms with Crippen LogP contribution in [0.4, 0.5) is 5.69 Å². The fourth-order valence-electron chi connectivity index (χ4n) is 4.88. The summed E-state index contributed by atoms with van der Waals surface area (Å²) in [5, 5.41) is 1.60. The lowest BCUT2D eigenvalue weighted by atomic mass is 9.63. The quantitative estimate of drug-likeness (QED) is 0.494. The van der Waals surface area contributed by atoms with Crippen LogP contribution in [-0.2, 0) is 6.54 Å². The summed E-state index contributed by atoms with van der Waals surface area (Å²) in [7, 11) is 0. The van der Waals surface area contributed by atoms with Crippen LogP contribution < -0.4 is 10.5 Å². The molecular formula is C23H21N5O2. The predicted octanol–water partition coefficient (Wildman–Crippen LogP) is 2.90. The van der Waals surface area contributed by atoms with E-state index in [0.29, 0.717) is 22.9 Å². The first-order valence-corrected chi connectivity index (χ1v) is 10.3. The van der Waals surface area contributed by atoms with E-state index in [1.165, 1.54) is 19.3 Å². The second-order valence-corrected chi connectivity index (χ2v) is 8.66. The standard InChI is InChI=1S/C23H21N5O2/c29-13-16-2-3-21-25-17(12-27(21)10-16)11-26-7-4-18-19(22(26)30)8-24-9-20(18)28-14-23(15-28)5-1-6-23/h2-4,7-10,12-13H,1,5-6,11,14-15H2. The molecule has 4 aromatic heterocycles. The molecule has 1 spiro atoms. The highest BCUT2D eigenvalue weighted by molar-refractivity contribution is 5.93. The molecule has 150 valence electrons. The molecule has 2 fully saturated rings. The van der Waals surface area contributed by atoms with Crippen molar-refractivity contribution in [2.24, 2.45) is 5.41 Å². The van der Waals surface area contributed by atoms with Crippen molar-refractivity contribution in [3.63, 3.8) is 0 Å². The van der Waals surface area contributed by atoms with Gasteiger partial charge in [0.1, 0.15) is 5.65 Å². The Hall–Kier alpha value is -3.48. The minimum absolute atomic E-state index is 0.0635. The first-order chi connectivity index (χ1) is 14.6.